The second kappa shape index (κ2) is 20.1. The van der Waals surface area contributed by atoms with E-state index in [0.29, 0.717) is 0 Å². The van der Waals surface area contributed by atoms with E-state index >= 15 is 0 Å². The van der Waals surface area contributed by atoms with E-state index in [9.17, 15) is 0 Å². The molecule has 0 spiro atoms. The first-order valence-corrected chi connectivity index (χ1v) is 23.5. The van der Waals surface area contributed by atoms with Crippen LogP contribution in [-0.2, 0) is 0 Å². The number of hydrogen-bond donors (Lipinski definition) is 0. The molecule has 334 valence electrons. The van der Waals surface area contributed by atoms with Gasteiger partial charge in [-0.25, -0.2) is 0 Å². The van der Waals surface area contributed by atoms with Crippen LogP contribution in [0.3, 0.4) is 0 Å². The lowest BCUT2D eigenvalue weighted by Crippen LogP contribution is -2.13. The topological polar surface area (TPSA) is 38.7 Å². The Morgan fingerprint density at radius 1 is 0.186 bits per heavy atom. The Morgan fingerprint density at radius 2 is 0.386 bits per heavy atom. The molecule has 6 heteroatoms. The lowest BCUT2D eigenvalue weighted by Gasteiger charge is -2.29. The van der Waals surface area contributed by atoms with Crippen molar-refractivity contribution in [2.24, 2.45) is 0 Å². The van der Waals surface area contributed by atoms with Crippen LogP contribution in [0.15, 0.2) is 291 Å². The zero-order chi connectivity index (χ0) is 46.9. The van der Waals surface area contributed by atoms with Crippen LogP contribution in [0.2, 0.25) is 0 Å². The van der Waals surface area contributed by atoms with Crippen molar-refractivity contribution < 1.29 is 0 Å². The normalized spacial score (nSPS) is 10.9. The van der Waals surface area contributed by atoms with Gasteiger partial charge in [0.1, 0.15) is 0 Å². The minimum absolute atomic E-state index is 0.811. The number of hydrogen-bond acceptors (Lipinski definition) is 6. The molecule has 0 fully saturated rings. The van der Waals surface area contributed by atoms with Crippen molar-refractivity contribution in [3.8, 4) is 22.5 Å². The third-order valence-electron chi connectivity index (χ3n) is 12.3. The van der Waals surface area contributed by atoms with Crippen LogP contribution in [0.1, 0.15) is 0 Å². The maximum absolute atomic E-state index is 4.94. The lowest BCUT2D eigenvalue weighted by molar-refractivity contribution is 1.20. The first kappa shape index (κ1) is 43.1. The summed E-state index contributed by atoms with van der Waals surface area (Å²) in [6, 6.07) is 97.8. The Bertz CT molecular complexity index is 3100. The Labute approximate surface area is 409 Å². The summed E-state index contributed by atoms with van der Waals surface area (Å²) in [5, 5.41) is 0. The maximum Gasteiger partial charge on any atom is 0.0965 e. The molecule has 0 amide bonds. The molecule has 70 heavy (non-hydrogen) atoms. The van der Waals surface area contributed by atoms with Gasteiger partial charge in [-0.15, -0.1) is 0 Å². The minimum Gasteiger partial charge on any atom is -0.310 e. The van der Waals surface area contributed by atoms with Crippen molar-refractivity contribution in [3.05, 3.63) is 291 Å². The Morgan fingerprint density at radius 3 is 0.614 bits per heavy atom. The molecule has 0 bridgehead atoms. The van der Waals surface area contributed by atoms with Gasteiger partial charge in [0.2, 0.25) is 0 Å². The third-order valence-corrected chi connectivity index (χ3v) is 12.3. The molecule has 11 rings (SSSR count). The van der Waals surface area contributed by atoms with Gasteiger partial charge in [-0.05, 0) is 133 Å². The van der Waals surface area contributed by atoms with Gasteiger partial charge in [-0.2, -0.15) is 0 Å². The quantitative estimate of drug-likeness (QED) is 0.108. The van der Waals surface area contributed by atoms with Crippen LogP contribution < -0.4 is 19.6 Å². The molecule has 10 aromatic carbocycles. The molecule has 0 N–H and O–H groups in total. The van der Waals surface area contributed by atoms with Crippen molar-refractivity contribution in [1.82, 2.24) is 9.97 Å². The summed E-state index contributed by atoms with van der Waals surface area (Å²) < 4.78 is 0. The van der Waals surface area contributed by atoms with E-state index in [1.54, 1.807) is 12.4 Å². The molecule has 0 saturated heterocycles. The van der Waals surface area contributed by atoms with Gasteiger partial charge >= 0.3 is 0 Å². The zero-order valence-electron chi connectivity index (χ0n) is 38.4. The molecule has 1 heterocycles. The van der Waals surface area contributed by atoms with Crippen LogP contribution >= 0.6 is 0 Å². The van der Waals surface area contributed by atoms with Gasteiger partial charge in [0.15, 0.2) is 0 Å². The summed E-state index contributed by atoms with van der Waals surface area (Å²) in [4.78, 5) is 19.1. The predicted octanol–water partition coefficient (Wildman–Crippen LogP) is 17.7. The fourth-order valence-electron chi connectivity index (χ4n) is 9.09. The number of para-hydroxylation sites is 6. The van der Waals surface area contributed by atoms with Crippen LogP contribution in [0, 0.1) is 0 Å². The second-order valence-corrected chi connectivity index (χ2v) is 16.7. The van der Waals surface area contributed by atoms with Crippen molar-refractivity contribution >= 4 is 68.2 Å². The number of aromatic nitrogens is 2. The van der Waals surface area contributed by atoms with E-state index in [-0.39, 0.29) is 0 Å². The molecule has 0 radical (unpaired) electrons. The van der Waals surface area contributed by atoms with Gasteiger partial charge in [0, 0.05) is 91.8 Å². The van der Waals surface area contributed by atoms with Gasteiger partial charge in [0.05, 0.1) is 11.4 Å². The summed E-state index contributed by atoms with van der Waals surface area (Å²) in [7, 11) is 0. The molecule has 0 aliphatic rings. The summed E-state index contributed by atoms with van der Waals surface area (Å²) >= 11 is 0. The first-order chi connectivity index (χ1) is 34.7. The molecular weight excluding hydrogens is 853 g/mol. The Balaban J connectivity index is 0.920. The van der Waals surface area contributed by atoms with Crippen molar-refractivity contribution in [3.63, 3.8) is 0 Å². The van der Waals surface area contributed by atoms with Gasteiger partial charge in [0.25, 0.3) is 0 Å². The van der Waals surface area contributed by atoms with Crippen LogP contribution in [-0.4, -0.2) is 9.97 Å². The molecular formula is C64H48N6. The average molecular weight is 901 g/mol. The summed E-state index contributed by atoms with van der Waals surface area (Å²) in [5.74, 6) is 0. The molecule has 1 aromatic heterocycles. The fourth-order valence-corrected chi connectivity index (χ4v) is 9.09. The van der Waals surface area contributed by atoms with E-state index in [1.807, 2.05) is 0 Å². The molecule has 0 saturated carbocycles. The molecule has 0 aliphatic carbocycles. The smallest absolute Gasteiger partial charge is 0.0965 e. The minimum atomic E-state index is 0.811. The number of benzene rings is 10. The standard InChI is InChI=1S/C64H48N6/c1-7-21-51(22-8-1)67(52-23-9-2-10-24-52)59-33-19-35-61(47-59)69(55-29-15-5-16-30-55)57-41-37-49(38-42-57)63-64(66-46-45-65-63)50-39-43-58(44-40-50)70(56-31-17-6-18-32-56)62-36-20-34-60(48-62)68(53-25-11-3-12-26-53)54-27-13-4-14-28-54/h1-48H. The highest BCUT2D eigenvalue weighted by atomic mass is 15.2. The van der Waals surface area contributed by atoms with E-state index in [0.717, 1.165) is 90.8 Å². The first-order valence-electron chi connectivity index (χ1n) is 23.5. The lowest BCUT2D eigenvalue weighted by atomic mass is 10.0. The number of anilines is 12. The van der Waals surface area contributed by atoms with E-state index in [4.69, 9.17) is 9.97 Å². The zero-order valence-corrected chi connectivity index (χ0v) is 38.4. The van der Waals surface area contributed by atoms with Crippen molar-refractivity contribution in [2.45, 2.75) is 0 Å². The Kier molecular flexibility index (Phi) is 12.4. The molecule has 6 nitrogen and oxygen atoms in total. The molecule has 11 aromatic rings. The van der Waals surface area contributed by atoms with Crippen LogP contribution in [0.4, 0.5) is 68.2 Å². The maximum atomic E-state index is 4.94. The van der Waals surface area contributed by atoms with E-state index in [1.165, 1.54) is 0 Å². The summed E-state index contributed by atoms with van der Waals surface area (Å²) in [5.41, 5.74) is 16.3. The van der Waals surface area contributed by atoms with Gasteiger partial charge < -0.3 is 19.6 Å². The Hall–Kier alpha value is -9.52. The molecule has 0 atom stereocenters. The molecule has 0 aliphatic heterocycles. The summed E-state index contributed by atoms with van der Waals surface area (Å²) in [6.45, 7) is 0. The monoisotopic (exact) mass is 900 g/mol. The highest BCUT2D eigenvalue weighted by Crippen LogP contribution is 2.43. The van der Waals surface area contributed by atoms with E-state index < -0.39 is 0 Å². The predicted molar refractivity (Wildman–Crippen MR) is 292 cm³/mol. The fraction of sp³-hybridized carbons (Fsp3) is 0. The average Bonchev–Trinajstić information content (AvgIpc) is 3.44. The highest BCUT2D eigenvalue weighted by molar-refractivity contribution is 5.87. The van der Waals surface area contributed by atoms with Crippen LogP contribution in [0.5, 0.6) is 0 Å². The largest absolute Gasteiger partial charge is 0.310 e. The van der Waals surface area contributed by atoms with Crippen molar-refractivity contribution in [1.29, 1.82) is 0 Å². The second-order valence-electron chi connectivity index (χ2n) is 16.7. The van der Waals surface area contributed by atoms with Crippen LogP contribution in [0.25, 0.3) is 22.5 Å². The molecule has 0 unspecified atom stereocenters. The van der Waals surface area contributed by atoms with Crippen molar-refractivity contribution in [2.75, 3.05) is 19.6 Å². The summed E-state index contributed by atoms with van der Waals surface area (Å²) in [6.07, 6.45) is 3.54. The SMILES string of the molecule is c1ccc(N(c2ccccc2)c2cccc(N(c3ccccc3)c3ccc(-c4nccnc4-c4ccc(N(c5ccccc5)c5cccc(N(c6ccccc6)c6ccccc6)c5)cc4)cc3)c2)cc1. The van der Waals surface area contributed by atoms with Gasteiger partial charge in [-0.1, -0.05) is 146 Å². The van der Waals surface area contributed by atoms with E-state index in [2.05, 4.69) is 299 Å². The third kappa shape index (κ3) is 9.13. The number of nitrogens with zero attached hydrogens (tertiary/aromatic N) is 6. The highest BCUT2D eigenvalue weighted by Gasteiger charge is 2.20. The van der Waals surface area contributed by atoms with Gasteiger partial charge in [-0.3, -0.25) is 9.97 Å². The number of rotatable bonds is 14.